The van der Waals surface area contributed by atoms with Gasteiger partial charge in [0, 0.05) is 35.7 Å². The van der Waals surface area contributed by atoms with Gasteiger partial charge in [-0.25, -0.2) is 9.38 Å². The van der Waals surface area contributed by atoms with Gasteiger partial charge < -0.3 is 17.2 Å². The predicted octanol–water partition coefficient (Wildman–Crippen LogP) is 7.79. The molecule has 0 spiro atoms. The molecule has 2 heterocycles. The summed E-state index contributed by atoms with van der Waals surface area (Å²) in [6, 6.07) is 10.2. The van der Waals surface area contributed by atoms with E-state index in [1.165, 1.54) is 26.0 Å². The van der Waals surface area contributed by atoms with Crippen LogP contribution in [0.4, 0.5) is 4.39 Å². The summed E-state index contributed by atoms with van der Waals surface area (Å²) in [7, 11) is 1.50. The van der Waals surface area contributed by atoms with E-state index >= 15 is 0 Å². The minimum absolute atomic E-state index is 0.352. The zero-order valence-corrected chi connectivity index (χ0v) is 24.8. The van der Waals surface area contributed by atoms with E-state index in [1.807, 2.05) is 45.3 Å². The second-order valence-electron chi connectivity index (χ2n) is 8.40. The summed E-state index contributed by atoms with van der Waals surface area (Å²) in [5, 5.41) is 2.19. The molecule has 39 heavy (non-hydrogen) atoms. The molecule has 3 aromatic rings. The Labute approximate surface area is 235 Å². The summed E-state index contributed by atoms with van der Waals surface area (Å²) < 4.78 is 14.9. The molecule has 6 nitrogen and oxygen atoms in total. The summed E-state index contributed by atoms with van der Waals surface area (Å²) in [5.41, 5.74) is 19.4. The van der Waals surface area contributed by atoms with Crippen LogP contribution in [0.2, 0.25) is 0 Å². The second-order valence-corrected chi connectivity index (χ2v) is 8.40. The lowest BCUT2D eigenvalue weighted by molar-refractivity contribution is 0.622. The Bertz CT molecular complexity index is 1150. The summed E-state index contributed by atoms with van der Waals surface area (Å²) in [6.07, 6.45) is 15.6. The molecule has 6 N–H and O–H groups in total. The Morgan fingerprint density at radius 3 is 2.26 bits per heavy atom. The molecule has 214 valence electrons. The lowest BCUT2D eigenvalue weighted by atomic mass is 10.0. The Kier molecular flexibility index (Phi) is 20.6. The van der Waals surface area contributed by atoms with E-state index in [-0.39, 0.29) is 5.83 Å². The first kappa shape index (κ1) is 35.6. The molecule has 0 radical (unpaired) electrons. The van der Waals surface area contributed by atoms with Crippen LogP contribution in [0.3, 0.4) is 0 Å². The third-order valence-electron chi connectivity index (χ3n) is 5.63. The molecule has 0 fully saturated rings. The molecule has 0 saturated carbocycles. The molecule has 0 amide bonds. The highest BCUT2D eigenvalue weighted by molar-refractivity contribution is 5.86. The molecule has 0 aliphatic carbocycles. The number of benzene rings is 1. The number of nitrogens with zero attached hydrogens (tertiary/aromatic N) is 3. The van der Waals surface area contributed by atoms with E-state index in [9.17, 15) is 4.39 Å². The zero-order chi connectivity index (χ0) is 29.5. The molecule has 0 aliphatic heterocycles. The lowest BCUT2D eigenvalue weighted by Gasteiger charge is -2.08. The van der Waals surface area contributed by atoms with Gasteiger partial charge in [0.2, 0.25) is 0 Å². The molecule has 0 unspecified atom stereocenters. The fourth-order valence-electron chi connectivity index (χ4n) is 3.38. The molecule has 2 aromatic heterocycles. The van der Waals surface area contributed by atoms with Gasteiger partial charge in [-0.1, -0.05) is 59.1 Å². The highest BCUT2D eigenvalue weighted by Crippen LogP contribution is 2.27. The number of unbranched alkanes of at least 4 members (excludes halogenated alkanes) is 3. The Morgan fingerprint density at radius 1 is 0.897 bits per heavy atom. The van der Waals surface area contributed by atoms with Gasteiger partial charge in [0.05, 0.1) is 12.0 Å². The first-order chi connectivity index (χ1) is 19.0. The van der Waals surface area contributed by atoms with Gasteiger partial charge >= 0.3 is 0 Å². The molecular weight excluding hydrogens is 487 g/mol. The number of halogens is 1. The van der Waals surface area contributed by atoms with Crippen molar-refractivity contribution >= 4 is 22.7 Å². The number of rotatable bonds is 10. The summed E-state index contributed by atoms with van der Waals surface area (Å²) in [5.74, 6) is -0.380. The number of pyridine rings is 2. The van der Waals surface area contributed by atoms with E-state index in [4.69, 9.17) is 11.5 Å². The molecule has 1 aromatic carbocycles. The van der Waals surface area contributed by atoms with Gasteiger partial charge in [-0.2, -0.15) is 0 Å². The van der Waals surface area contributed by atoms with E-state index in [0.29, 0.717) is 18.7 Å². The number of allylic oxidation sites excluding steroid dienone is 4. The number of hydrogen-bond acceptors (Lipinski definition) is 5. The lowest BCUT2D eigenvalue weighted by Crippen LogP contribution is -1.98. The second kappa shape index (κ2) is 22.6. The third kappa shape index (κ3) is 13.3. The Morgan fingerprint density at radius 2 is 1.62 bits per heavy atom. The van der Waals surface area contributed by atoms with Crippen LogP contribution in [0.1, 0.15) is 78.7 Å². The maximum Gasteiger partial charge on any atom is 0.144 e. The van der Waals surface area contributed by atoms with E-state index in [1.54, 1.807) is 12.4 Å². The number of aliphatic imine (C=N–C) groups is 1. The van der Waals surface area contributed by atoms with Crippen LogP contribution in [0.15, 0.2) is 77.7 Å². The van der Waals surface area contributed by atoms with Crippen LogP contribution < -0.4 is 17.2 Å². The topological polar surface area (TPSA) is 116 Å². The van der Waals surface area contributed by atoms with Crippen molar-refractivity contribution < 1.29 is 4.39 Å². The highest BCUT2D eigenvalue weighted by Gasteiger charge is 2.07. The van der Waals surface area contributed by atoms with Gasteiger partial charge in [-0.05, 0) is 86.1 Å². The fourth-order valence-corrected chi connectivity index (χ4v) is 3.38. The van der Waals surface area contributed by atoms with Crippen molar-refractivity contribution in [1.29, 1.82) is 0 Å². The maximum atomic E-state index is 14.9. The summed E-state index contributed by atoms with van der Waals surface area (Å²) >= 11 is 0. The van der Waals surface area contributed by atoms with Gasteiger partial charge in [0.15, 0.2) is 0 Å². The first-order valence-corrected chi connectivity index (χ1v) is 13.9. The van der Waals surface area contributed by atoms with E-state index in [2.05, 4.69) is 52.7 Å². The summed E-state index contributed by atoms with van der Waals surface area (Å²) in [6.45, 7) is 10.9. The number of aromatic nitrogens is 2. The van der Waals surface area contributed by atoms with Crippen molar-refractivity contribution in [2.75, 3.05) is 13.6 Å². The normalized spacial score (nSPS) is 11.5. The average Bonchev–Trinajstić information content (AvgIpc) is 3.00. The zero-order valence-electron chi connectivity index (χ0n) is 24.8. The van der Waals surface area contributed by atoms with Crippen LogP contribution >= 0.6 is 0 Å². The van der Waals surface area contributed by atoms with E-state index in [0.717, 1.165) is 58.6 Å². The van der Waals surface area contributed by atoms with Crippen molar-refractivity contribution in [1.82, 2.24) is 9.97 Å². The number of hydrogen-bond donors (Lipinski definition) is 3. The highest BCUT2D eigenvalue weighted by atomic mass is 19.1. The molecule has 0 atom stereocenters. The largest absolute Gasteiger partial charge is 0.390 e. The molecule has 0 saturated heterocycles. The van der Waals surface area contributed by atoms with Crippen molar-refractivity contribution in [3.05, 3.63) is 78.3 Å². The van der Waals surface area contributed by atoms with Crippen LogP contribution in [0, 0.1) is 0 Å². The Balaban J connectivity index is 0.00000162. The molecule has 0 bridgehead atoms. The van der Waals surface area contributed by atoms with Crippen molar-refractivity contribution in [2.45, 2.75) is 73.1 Å². The van der Waals surface area contributed by atoms with Crippen LogP contribution in [0.25, 0.3) is 27.5 Å². The monoisotopic (exact) mass is 536 g/mol. The standard InChI is InChI=1S/C25H28FN5.C4H10.C2H6.CH5N/c1-18(11-24(26)25(31-17-28)5-3-2-4-9-27)21-13-23(16-30-14-21)20-7-6-19-8-10-29-15-22(19)12-20;1-3-4-2;2*1-2/h6-8,10-17H,2-5,9,27H2,1H3,(H2,28,31);3-4H2,1-2H3;1-2H3;2H2,1H3/b18-11-,25-24+;;;. The van der Waals surface area contributed by atoms with Crippen LogP contribution in [0.5, 0.6) is 0 Å². The van der Waals surface area contributed by atoms with Crippen molar-refractivity contribution in [3.63, 3.8) is 0 Å². The Hall–Kier alpha value is -3.42. The molecular formula is C32H49FN6. The predicted molar refractivity (Wildman–Crippen MR) is 169 cm³/mol. The first-order valence-electron chi connectivity index (χ1n) is 13.9. The fraction of sp³-hybridized carbons (Fsp3) is 0.406. The third-order valence-corrected chi connectivity index (χ3v) is 5.63. The van der Waals surface area contributed by atoms with Crippen molar-refractivity contribution in [3.8, 4) is 11.1 Å². The smallest absolute Gasteiger partial charge is 0.144 e. The number of fused-ring (bicyclic) bond motifs is 1. The molecule has 3 rings (SSSR count). The van der Waals surface area contributed by atoms with Gasteiger partial charge in [-0.3, -0.25) is 9.97 Å². The van der Waals surface area contributed by atoms with Crippen molar-refractivity contribution in [2.24, 2.45) is 22.2 Å². The summed E-state index contributed by atoms with van der Waals surface area (Å²) in [4.78, 5) is 12.6. The van der Waals surface area contributed by atoms with Crippen LogP contribution in [-0.2, 0) is 0 Å². The van der Waals surface area contributed by atoms with Gasteiger partial charge in [0.1, 0.15) is 5.83 Å². The minimum atomic E-state index is -0.380. The molecule has 0 aliphatic rings. The number of nitrogens with two attached hydrogens (primary N) is 3. The quantitative estimate of drug-likeness (QED) is 0.106. The minimum Gasteiger partial charge on any atom is -0.390 e. The van der Waals surface area contributed by atoms with Gasteiger partial charge in [-0.15, -0.1) is 0 Å². The molecule has 7 heteroatoms. The average molecular weight is 537 g/mol. The maximum absolute atomic E-state index is 14.9. The van der Waals surface area contributed by atoms with Gasteiger partial charge in [0.25, 0.3) is 0 Å². The SMILES string of the molecule is C/C(=C/C(F)=C(/CCCCCN)N=CN)c1cncc(-c2ccc3ccncc3c2)c1.CC.CCCC.CN. The van der Waals surface area contributed by atoms with E-state index < -0.39 is 0 Å². The van der Waals surface area contributed by atoms with Crippen LogP contribution in [-0.4, -0.2) is 29.9 Å².